The minimum absolute atomic E-state index is 0.340. The summed E-state index contributed by atoms with van der Waals surface area (Å²) in [6.45, 7) is 4.30. The number of hydrogen-bond donors (Lipinski definition) is 2. The third-order valence-corrected chi connectivity index (χ3v) is 4.13. The van der Waals surface area contributed by atoms with Crippen LogP contribution in [-0.4, -0.2) is 16.4 Å². The zero-order valence-electron chi connectivity index (χ0n) is 11.6. The summed E-state index contributed by atoms with van der Waals surface area (Å²) in [5.74, 6) is -0.340. The van der Waals surface area contributed by atoms with Gasteiger partial charge in [-0.15, -0.1) is 0 Å². The number of hydrogen-bond acceptors (Lipinski definition) is 3. The number of nitrogens with two attached hydrogens (primary N) is 1. The molecule has 5 heteroatoms. The summed E-state index contributed by atoms with van der Waals surface area (Å²) < 4.78 is 0.993. The van der Waals surface area contributed by atoms with Crippen LogP contribution in [0.3, 0.4) is 0 Å². The van der Waals surface area contributed by atoms with Crippen molar-refractivity contribution in [3.8, 4) is 0 Å². The third-order valence-electron chi connectivity index (χ3n) is 3.67. The molecule has 0 aliphatic rings. The molecule has 3 N–H and O–H groups in total. The highest BCUT2D eigenvalue weighted by Crippen LogP contribution is 2.23. The second-order valence-corrected chi connectivity index (χ2v) is 5.96. The van der Waals surface area contributed by atoms with Crippen molar-refractivity contribution in [3.63, 3.8) is 0 Å². The van der Waals surface area contributed by atoms with Crippen molar-refractivity contribution in [2.45, 2.75) is 32.4 Å². The molecule has 1 aromatic carbocycles. The molecule has 2 aromatic rings. The van der Waals surface area contributed by atoms with Gasteiger partial charge in [-0.1, -0.05) is 28.9 Å². The fourth-order valence-electron chi connectivity index (χ4n) is 2.04. The molecule has 1 aromatic heterocycles. The Bertz CT molecular complexity index is 644. The second kappa shape index (κ2) is 5.89. The predicted molar refractivity (Wildman–Crippen MR) is 84.2 cm³/mol. The van der Waals surface area contributed by atoms with Crippen molar-refractivity contribution < 1.29 is 4.79 Å². The Morgan fingerprint density at radius 1 is 1.50 bits per heavy atom. The van der Waals surface area contributed by atoms with Crippen LogP contribution in [0.25, 0.3) is 10.9 Å². The van der Waals surface area contributed by atoms with Crippen molar-refractivity contribution in [3.05, 3.63) is 40.5 Å². The molecule has 2 rings (SSSR count). The van der Waals surface area contributed by atoms with Gasteiger partial charge in [-0.3, -0.25) is 15.1 Å². The fourth-order valence-corrected chi connectivity index (χ4v) is 2.56. The van der Waals surface area contributed by atoms with Gasteiger partial charge in [-0.25, -0.2) is 0 Å². The molecule has 0 bridgehead atoms. The van der Waals surface area contributed by atoms with Gasteiger partial charge in [0.2, 0.25) is 5.91 Å². The molecule has 1 heterocycles. The predicted octanol–water partition coefficient (Wildman–Crippen LogP) is 2.74. The molecule has 0 spiro atoms. The molecule has 106 valence electrons. The highest BCUT2D eigenvalue weighted by molar-refractivity contribution is 9.10. The SMILES string of the molecule is CC[C@@](C)(NCc1cc(Br)cc2cccnc12)C(N)=O. The minimum Gasteiger partial charge on any atom is -0.368 e. The highest BCUT2D eigenvalue weighted by atomic mass is 79.9. The Hall–Kier alpha value is -1.46. The van der Waals surface area contributed by atoms with E-state index in [9.17, 15) is 4.79 Å². The second-order valence-electron chi connectivity index (χ2n) is 5.04. The van der Waals surface area contributed by atoms with Gasteiger partial charge in [0.05, 0.1) is 11.1 Å². The number of aromatic nitrogens is 1. The molecule has 0 unspecified atom stereocenters. The lowest BCUT2D eigenvalue weighted by Gasteiger charge is -2.26. The van der Waals surface area contributed by atoms with Gasteiger partial charge in [0.25, 0.3) is 0 Å². The van der Waals surface area contributed by atoms with Crippen LogP contribution in [0, 0.1) is 0 Å². The molecule has 1 atom stereocenters. The number of primary amides is 1. The first-order valence-electron chi connectivity index (χ1n) is 6.54. The van der Waals surface area contributed by atoms with E-state index in [0.717, 1.165) is 20.9 Å². The van der Waals surface area contributed by atoms with E-state index < -0.39 is 5.54 Å². The van der Waals surface area contributed by atoms with E-state index in [1.54, 1.807) is 6.20 Å². The number of pyridine rings is 1. The molecule has 0 radical (unpaired) electrons. The lowest BCUT2D eigenvalue weighted by atomic mass is 9.97. The molecule has 0 saturated carbocycles. The highest BCUT2D eigenvalue weighted by Gasteiger charge is 2.28. The maximum atomic E-state index is 11.5. The molecular weight excluding hydrogens is 318 g/mol. The molecular formula is C15H18BrN3O. The topological polar surface area (TPSA) is 68.0 Å². The van der Waals surface area contributed by atoms with Crippen LogP contribution in [0.4, 0.5) is 0 Å². The van der Waals surface area contributed by atoms with Crippen LogP contribution in [0.15, 0.2) is 34.9 Å². The van der Waals surface area contributed by atoms with E-state index in [2.05, 4.69) is 26.2 Å². The van der Waals surface area contributed by atoms with Gasteiger partial charge in [-0.05, 0) is 37.1 Å². The summed E-state index contributed by atoms with van der Waals surface area (Å²) in [6, 6.07) is 7.97. The quantitative estimate of drug-likeness (QED) is 0.882. The van der Waals surface area contributed by atoms with Crippen molar-refractivity contribution in [1.82, 2.24) is 10.3 Å². The standard InChI is InChI=1S/C15H18BrN3O/c1-3-15(2,14(17)20)19-9-11-8-12(16)7-10-5-4-6-18-13(10)11/h4-8,19H,3,9H2,1-2H3,(H2,17,20)/t15-/m1/s1. The van der Waals surface area contributed by atoms with Gasteiger partial charge in [0, 0.05) is 22.6 Å². The lowest BCUT2D eigenvalue weighted by Crippen LogP contribution is -2.52. The van der Waals surface area contributed by atoms with Crippen LogP contribution in [0.2, 0.25) is 0 Å². The molecule has 20 heavy (non-hydrogen) atoms. The fraction of sp³-hybridized carbons (Fsp3) is 0.333. The van der Waals surface area contributed by atoms with Crippen molar-refractivity contribution in [2.75, 3.05) is 0 Å². The summed E-state index contributed by atoms with van der Waals surface area (Å²) in [7, 11) is 0. The molecule has 0 aliphatic heterocycles. The third kappa shape index (κ3) is 2.99. The van der Waals surface area contributed by atoms with Crippen LogP contribution in [-0.2, 0) is 11.3 Å². The van der Waals surface area contributed by atoms with Gasteiger partial charge < -0.3 is 5.73 Å². The number of carbonyl (C=O) groups excluding carboxylic acids is 1. The van der Waals surface area contributed by atoms with Crippen molar-refractivity contribution >= 4 is 32.7 Å². The zero-order chi connectivity index (χ0) is 14.8. The number of fused-ring (bicyclic) bond motifs is 1. The summed E-state index contributed by atoms with van der Waals surface area (Å²) in [5.41, 5.74) is 6.73. The lowest BCUT2D eigenvalue weighted by molar-refractivity contribution is -0.124. The number of amides is 1. The Labute approximate surface area is 126 Å². The van der Waals surface area contributed by atoms with E-state index in [1.165, 1.54) is 0 Å². The number of halogens is 1. The number of rotatable bonds is 5. The summed E-state index contributed by atoms with van der Waals surface area (Å²) in [5, 5.41) is 4.31. The van der Waals surface area contributed by atoms with E-state index in [0.29, 0.717) is 13.0 Å². The number of carbonyl (C=O) groups is 1. The van der Waals surface area contributed by atoms with E-state index in [1.807, 2.05) is 38.1 Å². The van der Waals surface area contributed by atoms with Gasteiger partial charge >= 0.3 is 0 Å². The monoisotopic (exact) mass is 335 g/mol. The Morgan fingerprint density at radius 2 is 2.25 bits per heavy atom. The average Bonchev–Trinajstić information content (AvgIpc) is 2.44. The Kier molecular flexibility index (Phi) is 4.40. The van der Waals surface area contributed by atoms with Crippen molar-refractivity contribution in [1.29, 1.82) is 0 Å². The first-order valence-corrected chi connectivity index (χ1v) is 7.33. The number of benzene rings is 1. The Morgan fingerprint density at radius 3 is 2.90 bits per heavy atom. The Balaban J connectivity index is 2.32. The number of nitrogens with one attached hydrogen (secondary N) is 1. The van der Waals surface area contributed by atoms with Gasteiger partial charge in [0.1, 0.15) is 0 Å². The number of nitrogens with zero attached hydrogens (tertiary/aromatic N) is 1. The summed E-state index contributed by atoms with van der Waals surface area (Å²) in [4.78, 5) is 16.0. The molecule has 0 fully saturated rings. The van der Waals surface area contributed by atoms with Gasteiger partial charge in [-0.2, -0.15) is 0 Å². The minimum atomic E-state index is -0.705. The maximum absolute atomic E-state index is 11.5. The van der Waals surface area contributed by atoms with E-state index in [4.69, 9.17) is 5.73 Å². The maximum Gasteiger partial charge on any atom is 0.237 e. The van der Waals surface area contributed by atoms with Crippen LogP contribution < -0.4 is 11.1 Å². The molecule has 1 amide bonds. The van der Waals surface area contributed by atoms with E-state index >= 15 is 0 Å². The zero-order valence-corrected chi connectivity index (χ0v) is 13.2. The normalized spacial score (nSPS) is 14.2. The van der Waals surface area contributed by atoms with Gasteiger partial charge in [0.15, 0.2) is 0 Å². The molecule has 0 saturated heterocycles. The van der Waals surface area contributed by atoms with Crippen LogP contribution >= 0.6 is 15.9 Å². The largest absolute Gasteiger partial charge is 0.368 e. The molecule has 4 nitrogen and oxygen atoms in total. The van der Waals surface area contributed by atoms with Crippen molar-refractivity contribution in [2.24, 2.45) is 5.73 Å². The average molecular weight is 336 g/mol. The summed E-state index contributed by atoms with van der Waals surface area (Å²) in [6.07, 6.45) is 2.41. The van der Waals surface area contributed by atoms with Crippen LogP contribution in [0.1, 0.15) is 25.8 Å². The first kappa shape index (κ1) is 14.9. The first-order chi connectivity index (χ1) is 9.46. The van der Waals surface area contributed by atoms with Crippen LogP contribution in [0.5, 0.6) is 0 Å². The summed E-state index contributed by atoms with van der Waals surface area (Å²) >= 11 is 3.50. The van der Waals surface area contributed by atoms with E-state index in [-0.39, 0.29) is 5.91 Å². The molecule has 0 aliphatic carbocycles. The smallest absolute Gasteiger partial charge is 0.237 e.